The van der Waals surface area contributed by atoms with Crippen LogP contribution in [0, 0.1) is 0 Å². The third-order valence-electron chi connectivity index (χ3n) is 5.07. The maximum absolute atomic E-state index is 14.1. The zero-order chi connectivity index (χ0) is 24.1. The van der Waals surface area contributed by atoms with Crippen LogP contribution in [0.2, 0.25) is 0 Å². The fourth-order valence-corrected chi connectivity index (χ4v) is 3.82. The largest absolute Gasteiger partial charge is 0.433 e. The Morgan fingerprint density at radius 2 is 1.47 bits per heavy atom. The number of benzene rings is 1. The van der Waals surface area contributed by atoms with Crippen molar-refractivity contribution in [2.45, 2.75) is 37.0 Å². The molecule has 0 fully saturated rings. The molecular weight excluding hydrogens is 523 g/mol. The van der Waals surface area contributed by atoms with E-state index in [-0.39, 0.29) is 30.0 Å². The van der Waals surface area contributed by atoms with Crippen LogP contribution >= 0.6 is 15.9 Å². The topological polar surface area (TPSA) is 45.5 Å². The van der Waals surface area contributed by atoms with E-state index < -0.39 is 53.9 Å². The average molecular weight is 535 g/mol. The van der Waals surface area contributed by atoms with Crippen LogP contribution in [0.1, 0.15) is 34.5 Å². The number of hydrogen-bond acceptors (Lipinski definition) is 3. The summed E-state index contributed by atoms with van der Waals surface area (Å²) in [6, 6.07) is 4.12. The van der Waals surface area contributed by atoms with Crippen LogP contribution in [0.15, 0.2) is 39.8 Å². The summed E-state index contributed by atoms with van der Waals surface area (Å²) < 4.78 is 122. The molecule has 0 amide bonds. The second-order valence-corrected chi connectivity index (χ2v) is 7.96. The van der Waals surface area contributed by atoms with Gasteiger partial charge in [-0.1, -0.05) is 28.1 Å². The number of alkyl halides is 9. The van der Waals surface area contributed by atoms with Crippen LogP contribution in [0.3, 0.4) is 0 Å². The summed E-state index contributed by atoms with van der Waals surface area (Å²) in [5, 5.41) is 9.20. The van der Waals surface area contributed by atoms with Crippen molar-refractivity contribution in [2.24, 2.45) is 4.99 Å². The number of nitrogens with zero attached hydrogens (tertiary/aromatic N) is 2. The highest BCUT2D eigenvalue weighted by molar-refractivity contribution is 9.10. The molecule has 1 atom stereocenters. The van der Waals surface area contributed by atoms with Crippen molar-refractivity contribution in [3.63, 3.8) is 0 Å². The molecule has 1 aliphatic rings. The van der Waals surface area contributed by atoms with E-state index in [9.17, 15) is 44.6 Å². The fourth-order valence-electron chi connectivity index (χ4n) is 3.32. The molecule has 1 aromatic carbocycles. The molecule has 3 nitrogen and oxygen atoms in total. The molecule has 2 heterocycles. The molecule has 0 radical (unpaired) electrons. The Hall–Kier alpha value is -2.15. The third kappa shape index (κ3) is 4.49. The lowest BCUT2D eigenvalue weighted by atomic mass is 9.76. The van der Waals surface area contributed by atoms with Crippen LogP contribution in [0.4, 0.5) is 39.5 Å². The van der Waals surface area contributed by atoms with E-state index >= 15 is 0 Å². The normalized spacial score (nSPS) is 19.9. The van der Waals surface area contributed by atoms with E-state index in [0.717, 1.165) is 0 Å². The first-order chi connectivity index (χ1) is 14.6. The number of aromatic nitrogens is 1. The molecule has 0 saturated carbocycles. The van der Waals surface area contributed by atoms with Gasteiger partial charge in [0.1, 0.15) is 16.8 Å². The molecule has 0 spiro atoms. The Kier molecular flexibility index (Phi) is 6.13. The van der Waals surface area contributed by atoms with E-state index in [4.69, 9.17) is 0 Å². The molecule has 0 bridgehead atoms. The van der Waals surface area contributed by atoms with Gasteiger partial charge >= 0.3 is 18.5 Å². The Morgan fingerprint density at radius 3 is 1.91 bits per heavy atom. The predicted molar refractivity (Wildman–Crippen MR) is 98.1 cm³/mol. The van der Waals surface area contributed by atoms with E-state index in [2.05, 4.69) is 25.9 Å². The first-order valence-electron chi connectivity index (χ1n) is 8.75. The second-order valence-electron chi connectivity index (χ2n) is 7.11. The van der Waals surface area contributed by atoms with Gasteiger partial charge in [0.2, 0.25) is 0 Å². The van der Waals surface area contributed by atoms with Gasteiger partial charge in [0.15, 0.2) is 0 Å². The van der Waals surface area contributed by atoms with Gasteiger partial charge in [0.25, 0.3) is 0 Å². The lowest BCUT2D eigenvalue weighted by molar-refractivity contribution is -0.185. The van der Waals surface area contributed by atoms with Gasteiger partial charge in [-0.05, 0) is 34.9 Å². The lowest BCUT2D eigenvalue weighted by Crippen LogP contribution is -2.44. The zero-order valence-corrected chi connectivity index (χ0v) is 17.2. The number of rotatable bonds is 3. The highest BCUT2D eigenvalue weighted by Crippen LogP contribution is 2.49. The number of aliphatic hydroxyl groups is 1. The molecule has 1 aromatic heterocycles. The third-order valence-corrected chi connectivity index (χ3v) is 5.81. The van der Waals surface area contributed by atoms with Gasteiger partial charge in [0.05, 0.1) is 13.2 Å². The van der Waals surface area contributed by atoms with Crippen molar-refractivity contribution in [2.75, 3.05) is 6.54 Å². The van der Waals surface area contributed by atoms with E-state index in [0.29, 0.717) is 10.0 Å². The van der Waals surface area contributed by atoms with Crippen LogP contribution in [0.25, 0.3) is 0 Å². The van der Waals surface area contributed by atoms with Crippen molar-refractivity contribution in [3.05, 3.63) is 62.9 Å². The van der Waals surface area contributed by atoms with Gasteiger partial charge in [-0.25, -0.2) is 4.98 Å². The summed E-state index contributed by atoms with van der Waals surface area (Å²) in [4.78, 5) is 6.30. The minimum Gasteiger partial charge on any atom is -0.392 e. The van der Waals surface area contributed by atoms with Crippen molar-refractivity contribution in [3.8, 4) is 0 Å². The molecule has 0 saturated heterocycles. The van der Waals surface area contributed by atoms with Crippen LogP contribution in [-0.2, 0) is 24.4 Å². The zero-order valence-electron chi connectivity index (χ0n) is 15.6. The quantitative estimate of drug-likeness (QED) is 0.486. The summed E-state index contributed by atoms with van der Waals surface area (Å²) in [6.45, 7) is -1.46. The van der Waals surface area contributed by atoms with Crippen molar-refractivity contribution in [1.82, 2.24) is 4.98 Å². The molecule has 3 rings (SSSR count). The standard InChI is InChI=1S/C19H12BrF9N2O/c20-12-3-9(1-2-10(12)7-32)13-6-16(8-30-13,19(27,28)29)11-4-14(17(21,22)23)31-15(5-11)18(24,25)26/h1-5,32H,6-8H2. The van der Waals surface area contributed by atoms with Gasteiger partial charge in [-0.15, -0.1) is 0 Å². The minimum absolute atomic E-state index is 0.00797. The first kappa shape index (κ1) is 24.5. The maximum atomic E-state index is 14.1. The molecule has 0 aliphatic carbocycles. The molecule has 13 heteroatoms. The number of pyridine rings is 1. The lowest BCUT2D eigenvalue weighted by Gasteiger charge is -2.32. The molecule has 174 valence electrons. The Balaban J connectivity index is 2.14. The molecular formula is C19H12BrF9N2O. The second kappa shape index (κ2) is 8.01. The molecule has 2 aromatic rings. The molecule has 1 aliphatic heterocycles. The highest BCUT2D eigenvalue weighted by Gasteiger charge is 2.59. The SMILES string of the molecule is OCc1ccc(C2=NCC(c3cc(C(F)(F)F)nc(C(F)(F)F)c3)(C(F)(F)F)C2)cc1Br. The number of halogens is 10. The first-order valence-corrected chi connectivity index (χ1v) is 9.54. The smallest absolute Gasteiger partial charge is 0.392 e. The average Bonchev–Trinajstić information content (AvgIpc) is 3.13. The van der Waals surface area contributed by atoms with Crippen LogP contribution < -0.4 is 0 Å². The van der Waals surface area contributed by atoms with E-state index in [1.54, 1.807) is 0 Å². The van der Waals surface area contributed by atoms with Gasteiger partial charge < -0.3 is 5.11 Å². The summed E-state index contributed by atoms with van der Waals surface area (Å²) in [5.74, 6) is 0. The number of hydrogen-bond donors (Lipinski definition) is 1. The van der Waals surface area contributed by atoms with E-state index in [1.807, 2.05) is 0 Å². The van der Waals surface area contributed by atoms with Gasteiger partial charge in [-0.3, -0.25) is 4.99 Å². The minimum atomic E-state index is -5.39. The van der Waals surface area contributed by atoms with Crippen LogP contribution in [-0.4, -0.2) is 28.5 Å². The molecule has 1 unspecified atom stereocenters. The van der Waals surface area contributed by atoms with Crippen molar-refractivity contribution < 1.29 is 44.6 Å². The molecule has 1 N–H and O–H groups in total. The Morgan fingerprint density at radius 1 is 0.906 bits per heavy atom. The van der Waals surface area contributed by atoms with Crippen molar-refractivity contribution in [1.29, 1.82) is 0 Å². The molecule has 32 heavy (non-hydrogen) atoms. The Bertz CT molecular complexity index is 1030. The summed E-state index contributed by atoms with van der Waals surface area (Å²) in [6.07, 6.45) is -17.0. The number of aliphatic imine (C=N–C) groups is 1. The maximum Gasteiger partial charge on any atom is 0.433 e. The van der Waals surface area contributed by atoms with Gasteiger partial charge in [0, 0.05) is 16.6 Å². The summed E-state index contributed by atoms with van der Waals surface area (Å²) in [5.41, 5.74) is -8.01. The highest BCUT2D eigenvalue weighted by atomic mass is 79.9. The predicted octanol–water partition coefficient (Wildman–Crippen LogP) is 6.07. The van der Waals surface area contributed by atoms with E-state index in [1.165, 1.54) is 18.2 Å². The Labute approximate surface area is 183 Å². The summed E-state index contributed by atoms with van der Waals surface area (Å²) in [7, 11) is 0. The van der Waals surface area contributed by atoms with Gasteiger partial charge in [-0.2, -0.15) is 39.5 Å². The monoisotopic (exact) mass is 534 g/mol. The number of aliphatic hydroxyl groups excluding tert-OH is 1. The van der Waals surface area contributed by atoms with Crippen molar-refractivity contribution >= 4 is 21.6 Å². The fraction of sp³-hybridized carbons (Fsp3) is 0.368. The van der Waals surface area contributed by atoms with Crippen LogP contribution in [0.5, 0.6) is 0 Å². The summed E-state index contributed by atoms with van der Waals surface area (Å²) >= 11 is 3.13.